The molecule has 0 saturated carbocycles. The highest BCUT2D eigenvalue weighted by atomic mass is 16.5. The van der Waals surface area contributed by atoms with Crippen molar-refractivity contribution in [3.63, 3.8) is 0 Å². The number of ether oxygens (including phenoxy) is 2. The van der Waals surface area contributed by atoms with Gasteiger partial charge in [0.25, 0.3) is 0 Å². The van der Waals surface area contributed by atoms with E-state index < -0.39 is 11.5 Å². The van der Waals surface area contributed by atoms with Gasteiger partial charge in [0, 0.05) is 0 Å². The summed E-state index contributed by atoms with van der Waals surface area (Å²) in [5.41, 5.74) is 4.60. The van der Waals surface area contributed by atoms with E-state index in [4.69, 9.17) is 10.5 Å². The Balaban J connectivity index is 2.53. The third-order valence-corrected chi connectivity index (χ3v) is 1.93. The van der Waals surface area contributed by atoms with Crippen LogP contribution >= 0.6 is 0 Å². The Kier molecular flexibility index (Phi) is 3.68. The molecule has 0 aliphatic heterocycles. The van der Waals surface area contributed by atoms with Crippen LogP contribution in [0.2, 0.25) is 0 Å². The third kappa shape index (κ3) is 3.25. The molecule has 1 aromatic rings. The van der Waals surface area contributed by atoms with Crippen LogP contribution in [-0.4, -0.2) is 25.2 Å². The van der Waals surface area contributed by atoms with Gasteiger partial charge in [0.05, 0.1) is 7.11 Å². The first kappa shape index (κ1) is 11.5. The van der Waals surface area contributed by atoms with Crippen molar-refractivity contribution < 1.29 is 14.3 Å². The number of methoxy groups -OCH3 is 1. The van der Waals surface area contributed by atoms with Crippen molar-refractivity contribution in [2.24, 2.45) is 5.73 Å². The number of carbonyl (C=O) groups is 1. The molecular formula is C11H15NO3. The van der Waals surface area contributed by atoms with E-state index in [1.54, 1.807) is 19.1 Å². The van der Waals surface area contributed by atoms with Crippen LogP contribution in [0.5, 0.6) is 5.75 Å². The van der Waals surface area contributed by atoms with Gasteiger partial charge in [-0.15, -0.1) is 0 Å². The molecule has 15 heavy (non-hydrogen) atoms. The molecule has 0 fully saturated rings. The Bertz CT molecular complexity index is 322. The minimum absolute atomic E-state index is 0.0870. The minimum atomic E-state index is -1.12. The molecule has 0 spiro atoms. The Morgan fingerprint density at radius 3 is 2.53 bits per heavy atom. The zero-order valence-corrected chi connectivity index (χ0v) is 8.90. The summed E-state index contributed by atoms with van der Waals surface area (Å²) in [6, 6.07) is 9.18. The van der Waals surface area contributed by atoms with E-state index in [1.807, 2.05) is 18.2 Å². The highest BCUT2D eigenvalue weighted by Gasteiger charge is 2.30. The Morgan fingerprint density at radius 2 is 2.00 bits per heavy atom. The molecule has 0 unspecified atom stereocenters. The van der Waals surface area contributed by atoms with Crippen molar-refractivity contribution in [3.8, 4) is 5.75 Å². The maximum Gasteiger partial charge on any atom is 0.329 e. The van der Waals surface area contributed by atoms with E-state index in [0.717, 1.165) is 0 Å². The average Bonchev–Trinajstić information content (AvgIpc) is 2.27. The van der Waals surface area contributed by atoms with Gasteiger partial charge in [-0.3, -0.25) is 0 Å². The van der Waals surface area contributed by atoms with Crippen molar-refractivity contribution in [3.05, 3.63) is 30.3 Å². The number of benzene rings is 1. The van der Waals surface area contributed by atoms with E-state index in [-0.39, 0.29) is 6.61 Å². The molecule has 0 amide bonds. The largest absolute Gasteiger partial charge is 0.491 e. The minimum Gasteiger partial charge on any atom is -0.491 e. The SMILES string of the molecule is COC(=O)[C@](C)(N)COc1ccccc1. The summed E-state index contributed by atoms with van der Waals surface area (Å²) < 4.78 is 9.93. The number of hydrogen-bond acceptors (Lipinski definition) is 4. The first-order valence-corrected chi connectivity index (χ1v) is 4.61. The fraction of sp³-hybridized carbons (Fsp3) is 0.364. The summed E-state index contributed by atoms with van der Waals surface area (Å²) in [6.07, 6.45) is 0. The predicted octanol–water partition coefficient (Wildman–Crippen LogP) is 0.956. The second-order valence-electron chi connectivity index (χ2n) is 3.51. The monoisotopic (exact) mass is 209 g/mol. The molecule has 0 aliphatic rings. The van der Waals surface area contributed by atoms with Crippen LogP contribution in [0.25, 0.3) is 0 Å². The molecule has 1 aromatic carbocycles. The smallest absolute Gasteiger partial charge is 0.329 e. The van der Waals surface area contributed by atoms with Gasteiger partial charge in [-0.2, -0.15) is 0 Å². The predicted molar refractivity (Wildman–Crippen MR) is 56.5 cm³/mol. The van der Waals surface area contributed by atoms with Crippen LogP contribution in [-0.2, 0) is 9.53 Å². The zero-order chi connectivity index (χ0) is 11.3. The van der Waals surface area contributed by atoms with Gasteiger partial charge in [0.2, 0.25) is 0 Å². The van der Waals surface area contributed by atoms with Crippen LogP contribution in [0, 0.1) is 0 Å². The first-order chi connectivity index (χ1) is 7.06. The third-order valence-electron chi connectivity index (χ3n) is 1.93. The maximum atomic E-state index is 11.2. The quantitative estimate of drug-likeness (QED) is 0.750. The molecule has 82 valence electrons. The molecule has 0 heterocycles. The summed E-state index contributed by atoms with van der Waals surface area (Å²) in [7, 11) is 1.30. The van der Waals surface area contributed by atoms with Gasteiger partial charge in [0.15, 0.2) is 0 Å². The van der Waals surface area contributed by atoms with Gasteiger partial charge in [0.1, 0.15) is 17.9 Å². The van der Waals surface area contributed by atoms with Gasteiger partial charge in [-0.05, 0) is 19.1 Å². The highest BCUT2D eigenvalue weighted by Crippen LogP contribution is 2.11. The lowest BCUT2D eigenvalue weighted by Gasteiger charge is -2.21. The second-order valence-corrected chi connectivity index (χ2v) is 3.51. The molecule has 0 radical (unpaired) electrons. The standard InChI is InChI=1S/C11H15NO3/c1-11(12,10(13)14-2)8-15-9-6-4-3-5-7-9/h3-7H,8,12H2,1-2H3/t11-/m1/s1. The van der Waals surface area contributed by atoms with Crippen LogP contribution in [0.3, 0.4) is 0 Å². The summed E-state index contributed by atoms with van der Waals surface area (Å²) in [5.74, 6) is 0.191. The number of carbonyl (C=O) groups excluding carboxylic acids is 1. The molecule has 2 N–H and O–H groups in total. The first-order valence-electron chi connectivity index (χ1n) is 4.61. The van der Waals surface area contributed by atoms with E-state index in [2.05, 4.69) is 4.74 Å². The molecule has 1 rings (SSSR count). The van der Waals surface area contributed by atoms with Gasteiger partial charge < -0.3 is 15.2 Å². The molecule has 0 saturated heterocycles. The number of para-hydroxylation sites is 1. The fourth-order valence-electron chi connectivity index (χ4n) is 1.04. The summed E-state index contributed by atoms with van der Waals surface area (Å²) >= 11 is 0. The molecule has 0 aromatic heterocycles. The summed E-state index contributed by atoms with van der Waals surface area (Å²) in [6.45, 7) is 1.66. The van der Waals surface area contributed by atoms with E-state index in [1.165, 1.54) is 7.11 Å². The summed E-state index contributed by atoms with van der Waals surface area (Å²) in [5, 5.41) is 0. The molecule has 4 nitrogen and oxygen atoms in total. The van der Waals surface area contributed by atoms with Gasteiger partial charge in [-0.25, -0.2) is 4.79 Å². The highest BCUT2D eigenvalue weighted by molar-refractivity contribution is 5.80. The number of nitrogens with two attached hydrogens (primary N) is 1. The van der Waals surface area contributed by atoms with Crippen molar-refractivity contribution in [2.45, 2.75) is 12.5 Å². The average molecular weight is 209 g/mol. The zero-order valence-electron chi connectivity index (χ0n) is 8.90. The van der Waals surface area contributed by atoms with Crippen molar-refractivity contribution in [2.75, 3.05) is 13.7 Å². The van der Waals surface area contributed by atoms with E-state index in [9.17, 15) is 4.79 Å². The van der Waals surface area contributed by atoms with Crippen molar-refractivity contribution in [1.82, 2.24) is 0 Å². The molecule has 0 aliphatic carbocycles. The van der Waals surface area contributed by atoms with Crippen LogP contribution in [0.15, 0.2) is 30.3 Å². The normalized spacial score (nSPS) is 14.1. The van der Waals surface area contributed by atoms with Gasteiger partial charge >= 0.3 is 5.97 Å². The molecular weight excluding hydrogens is 194 g/mol. The summed E-state index contributed by atoms with van der Waals surface area (Å²) in [4.78, 5) is 11.2. The van der Waals surface area contributed by atoms with E-state index >= 15 is 0 Å². The Hall–Kier alpha value is -1.55. The van der Waals surface area contributed by atoms with Crippen LogP contribution in [0.1, 0.15) is 6.92 Å². The fourth-order valence-corrected chi connectivity index (χ4v) is 1.04. The lowest BCUT2D eigenvalue weighted by molar-refractivity contribution is -0.147. The molecule has 1 atom stereocenters. The maximum absolute atomic E-state index is 11.2. The number of hydrogen-bond donors (Lipinski definition) is 1. The lowest BCUT2D eigenvalue weighted by atomic mass is 10.1. The van der Waals surface area contributed by atoms with Crippen LogP contribution in [0.4, 0.5) is 0 Å². The second kappa shape index (κ2) is 4.79. The Morgan fingerprint density at radius 1 is 1.40 bits per heavy atom. The van der Waals surface area contributed by atoms with E-state index in [0.29, 0.717) is 5.75 Å². The lowest BCUT2D eigenvalue weighted by Crippen LogP contribution is -2.50. The van der Waals surface area contributed by atoms with Crippen molar-refractivity contribution >= 4 is 5.97 Å². The molecule has 4 heteroatoms. The molecule has 0 bridgehead atoms. The Labute approximate surface area is 89.0 Å². The van der Waals surface area contributed by atoms with Crippen molar-refractivity contribution in [1.29, 1.82) is 0 Å². The number of esters is 1. The van der Waals surface area contributed by atoms with Gasteiger partial charge in [-0.1, -0.05) is 18.2 Å². The van der Waals surface area contributed by atoms with Crippen LogP contribution < -0.4 is 10.5 Å². The number of rotatable bonds is 4. The topological polar surface area (TPSA) is 61.5 Å².